The van der Waals surface area contributed by atoms with Crippen LogP contribution in [0, 0.1) is 0 Å². The summed E-state index contributed by atoms with van der Waals surface area (Å²) < 4.78 is 10.9. The molecule has 8 heteroatoms. The molecule has 1 aliphatic heterocycles. The number of benzene rings is 2. The second-order valence-corrected chi connectivity index (χ2v) is 8.09. The molecule has 1 saturated heterocycles. The average molecular weight is 461 g/mol. The van der Waals surface area contributed by atoms with E-state index in [0.29, 0.717) is 35.4 Å². The largest absolute Gasteiger partial charge is 0.503 e. The number of phenolic OH excluding ortho intramolecular Hbond substituents is 1. The maximum Gasteiger partial charge on any atom is 0.266 e. The van der Waals surface area contributed by atoms with Gasteiger partial charge in [-0.25, -0.2) is 4.99 Å². The number of halogens is 1. The molecule has 0 saturated carbocycles. The molecule has 1 amide bonds. The summed E-state index contributed by atoms with van der Waals surface area (Å²) in [5.41, 5.74) is 1.41. The molecule has 2 aromatic rings. The van der Waals surface area contributed by atoms with Crippen LogP contribution in [0.15, 0.2) is 46.3 Å². The molecule has 0 spiro atoms. The summed E-state index contributed by atoms with van der Waals surface area (Å²) in [6.07, 6.45) is 2.55. The van der Waals surface area contributed by atoms with E-state index in [1.807, 2.05) is 45.0 Å². The van der Waals surface area contributed by atoms with Crippen LogP contribution in [0.5, 0.6) is 17.2 Å². The molecule has 0 aromatic heterocycles. The van der Waals surface area contributed by atoms with Gasteiger partial charge in [-0.2, -0.15) is 0 Å². The number of phenols is 1. The molecule has 1 heterocycles. The van der Waals surface area contributed by atoms with Crippen LogP contribution in [0.1, 0.15) is 32.8 Å². The zero-order valence-electron chi connectivity index (χ0n) is 17.7. The molecule has 0 aliphatic carbocycles. The lowest BCUT2D eigenvalue weighted by atomic mass is 10.2. The standard InChI is InChI=1S/C23H25ClN2O4S/c1-4-11-26-22(28)20(14-15-12-18(24)21(27)19(13-15)30-6-3)31-23(26)25-16-7-9-17(10-8-16)29-5-2/h7-10,12-14,27H,4-6,11H2,1-3H3/b20-14-,25-23?. The van der Waals surface area contributed by atoms with E-state index < -0.39 is 0 Å². The van der Waals surface area contributed by atoms with E-state index in [-0.39, 0.29) is 22.4 Å². The molecule has 164 valence electrons. The van der Waals surface area contributed by atoms with E-state index in [1.165, 1.54) is 11.8 Å². The number of hydrogen-bond donors (Lipinski definition) is 1. The highest BCUT2D eigenvalue weighted by molar-refractivity contribution is 8.18. The lowest BCUT2D eigenvalue weighted by molar-refractivity contribution is -0.122. The van der Waals surface area contributed by atoms with Gasteiger partial charge in [0.2, 0.25) is 0 Å². The van der Waals surface area contributed by atoms with Gasteiger partial charge in [0, 0.05) is 6.54 Å². The van der Waals surface area contributed by atoms with Crippen LogP contribution in [0.3, 0.4) is 0 Å². The summed E-state index contributed by atoms with van der Waals surface area (Å²) in [5, 5.41) is 10.8. The van der Waals surface area contributed by atoms with Crippen molar-refractivity contribution < 1.29 is 19.4 Å². The number of amidine groups is 1. The Morgan fingerprint density at radius 3 is 2.48 bits per heavy atom. The average Bonchev–Trinajstić information content (AvgIpc) is 3.02. The topological polar surface area (TPSA) is 71.4 Å². The number of rotatable bonds is 8. The van der Waals surface area contributed by atoms with Crippen LogP contribution >= 0.6 is 23.4 Å². The Bertz CT molecular complexity index is 1010. The lowest BCUT2D eigenvalue weighted by Gasteiger charge is -2.14. The molecule has 0 unspecified atom stereocenters. The maximum absolute atomic E-state index is 13.0. The molecule has 1 fully saturated rings. The predicted molar refractivity (Wildman–Crippen MR) is 127 cm³/mol. The molecule has 1 N–H and O–H groups in total. The van der Waals surface area contributed by atoms with Crippen molar-refractivity contribution >= 4 is 46.2 Å². The van der Waals surface area contributed by atoms with Gasteiger partial charge in [0.25, 0.3) is 5.91 Å². The van der Waals surface area contributed by atoms with Gasteiger partial charge in [-0.05, 0) is 80.1 Å². The van der Waals surface area contributed by atoms with E-state index in [2.05, 4.69) is 4.99 Å². The molecule has 0 bridgehead atoms. The maximum atomic E-state index is 13.0. The fourth-order valence-electron chi connectivity index (χ4n) is 3.00. The molecule has 2 aromatic carbocycles. The first-order valence-electron chi connectivity index (χ1n) is 10.1. The van der Waals surface area contributed by atoms with Gasteiger partial charge in [-0.3, -0.25) is 9.69 Å². The van der Waals surface area contributed by atoms with E-state index in [1.54, 1.807) is 23.1 Å². The smallest absolute Gasteiger partial charge is 0.266 e. The fraction of sp³-hybridized carbons (Fsp3) is 0.304. The van der Waals surface area contributed by atoms with Crippen LogP contribution < -0.4 is 9.47 Å². The summed E-state index contributed by atoms with van der Waals surface area (Å²) in [6.45, 7) is 7.33. The quantitative estimate of drug-likeness (QED) is 0.500. The van der Waals surface area contributed by atoms with Gasteiger partial charge in [0.1, 0.15) is 5.75 Å². The van der Waals surface area contributed by atoms with Crippen molar-refractivity contribution in [2.24, 2.45) is 4.99 Å². The van der Waals surface area contributed by atoms with Crippen molar-refractivity contribution in [3.63, 3.8) is 0 Å². The third-order valence-electron chi connectivity index (χ3n) is 4.36. The summed E-state index contributed by atoms with van der Waals surface area (Å²) in [7, 11) is 0. The molecule has 0 radical (unpaired) electrons. The zero-order chi connectivity index (χ0) is 22.4. The van der Waals surface area contributed by atoms with E-state index in [9.17, 15) is 9.90 Å². The van der Waals surface area contributed by atoms with Crippen molar-refractivity contribution in [1.82, 2.24) is 4.90 Å². The predicted octanol–water partition coefficient (Wildman–Crippen LogP) is 5.86. The van der Waals surface area contributed by atoms with Gasteiger partial charge in [0.15, 0.2) is 16.7 Å². The van der Waals surface area contributed by atoms with Crippen LogP contribution in [0.25, 0.3) is 6.08 Å². The number of nitrogens with zero attached hydrogens (tertiary/aromatic N) is 2. The minimum absolute atomic E-state index is 0.110. The van der Waals surface area contributed by atoms with Gasteiger partial charge in [-0.1, -0.05) is 18.5 Å². The monoisotopic (exact) mass is 460 g/mol. The van der Waals surface area contributed by atoms with Crippen molar-refractivity contribution in [2.45, 2.75) is 27.2 Å². The van der Waals surface area contributed by atoms with Gasteiger partial charge >= 0.3 is 0 Å². The summed E-state index contributed by atoms with van der Waals surface area (Å²) in [6, 6.07) is 10.7. The molecule has 3 rings (SSSR count). The number of hydrogen-bond acceptors (Lipinski definition) is 6. The minimum Gasteiger partial charge on any atom is -0.503 e. The summed E-state index contributed by atoms with van der Waals surface area (Å²) in [5.74, 6) is 0.841. The van der Waals surface area contributed by atoms with Crippen LogP contribution in [0.4, 0.5) is 5.69 Å². The number of aliphatic imine (C=N–C) groups is 1. The first-order valence-corrected chi connectivity index (χ1v) is 11.3. The second kappa shape index (κ2) is 10.6. The molecule has 6 nitrogen and oxygen atoms in total. The fourth-order valence-corrected chi connectivity index (χ4v) is 4.24. The lowest BCUT2D eigenvalue weighted by Crippen LogP contribution is -2.29. The minimum atomic E-state index is -0.112. The van der Waals surface area contributed by atoms with Gasteiger partial charge in [-0.15, -0.1) is 0 Å². The highest BCUT2D eigenvalue weighted by atomic mass is 35.5. The molecule has 0 atom stereocenters. The number of ether oxygens (including phenoxy) is 2. The van der Waals surface area contributed by atoms with Crippen LogP contribution in [0.2, 0.25) is 5.02 Å². The Hall–Kier alpha value is -2.64. The van der Waals surface area contributed by atoms with Crippen LogP contribution in [-0.2, 0) is 4.79 Å². The number of thioether (sulfide) groups is 1. The van der Waals surface area contributed by atoms with Crippen molar-refractivity contribution in [3.05, 3.63) is 51.9 Å². The third-order valence-corrected chi connectivity index (χ3v) is 5.65. The number of carbonyl (C=O) groups excluding carboxylic acids is 1. The third kappa shape index (κ3) is 5.54. The Kier molecular flexibility index (Phi) is 7.87. The number of amides is 1. The Balaban J connectivity index is 1.92. The van der Waals surface area contributed by atoms with Crippen molar-refractivity contribution in [3.8, 4) is 17.2 Å². The first kappa shape index (κ1) is 23.0. The first-order chi connectivity index (χ1) is 15.0. The summed E-state index contributed by atoms with van der Waals surface area (Å²) in [4.78, 5) is 19.9. The molecule has 1 aliphatic rings. The summed E-state index contributed by atoms with van der Waals surface area (Å²) >= 11 is 7.44. The highest BCUT2D eigenvalue weighted by Gasteiger charge is 2.32. The second-order valence-electron chi connectivity index (χ2n) is 6.67. The van der Waals surface area contributed by atoms with E-state index in [0.717, 1.165) is 17.9 Å². The molecule has 31 heavy (non-hydrogen) atoms. The Morgan fingerprint density at radius 2 is 1.84 bits per heavy atom. The van der Waals surface area contributed by atoms with Crippen molar-refractivity contribution in [2.75, 3.05) is 19.8 Å². The molecular weight excluding hydrogens is 436 g/mol. The zero-order valence-corrected chi connectivity index (χ0v) is 19.3. The van der Waals surface area contributed by atoms with Gasteiger partial charge < -0.3 is 14.6 Å². The highest BCUT2D eigenvalue weighted by Crippen LogP contribution is 2.38. The van der Waals surface area contributed by atoms with Crippen LogP contribution in [-0.4, -0.2) is 40.8 Å². The van der Waals surface area contributed by atoms with E-state index >= 15 is 0 Å². The van der Waals surface area contributed by atoms with E-state index in [4.69, 9.17) is 21.1 Å². The molecular formula is C23H25ClN2O4S. The SMILES string of the molecule is CCCN1C(=O)/C(=C/c2cc(Cl)c(O)c(OCC)c2)SC1=Nc1ccc(OCC)cc1. The van der Waals surface area contributed by atoms with Crippen molar-refractivity contribution in [1.29, 1.82) is 0 Å². The normalized spacial score (nSPS) is 16.4. The number of carbonyl (C=O) groups is 1. The Morgan fingerprint density at radius 1 is 1.13 bits per heavy atom. The van der Waals surface area contributed by atoms with Gasteiger partial charge in [0.05, 0.1) is 28.8 Å². The number of aromatic hydroxyl groups is 1. The Labute approximate surface area is 191 Å².